The maximum absolute atomic E-state index is 12.0. The monoisotopic (exact) mass is 307 g/mol. The van der Waals surface area contributed by atoms with Gasteiger partial charge in [0.15, 0.2) is 0 Å². The van der Waals surface area contributed by atoms with Crippen molar-refractivity contribution in [3.63, 3.8) is 0 Å². The Hall–Kier alpha value is -1.43. The number of aryl methyl sites for hydroxylation is 1. The normalized spacial score (nSPS) is 12.2. The van der Waals surface area contributed by atoms with E-state index in [9.17, 15) is 4.55 Å². The van der Waals surface area contributed by atoms with Gasteiger partial charge in [0.2, 0.25) is 0 Å². The van der Waals surface area contributed by atoms with Crippen molar-refractivity contribution in [2.24, 2.45) is 0 Å². The number of aromatic nitrogens is 3. The van der Waals surface area contributed by atoms with Crippen LogP contribution in [0.4, 0.5) is 0 Å². The predicted molar refractivity (Wildman–Crippen MR) is 80.9 cm³/mol. The highest BCUT2D eigenvalue weighted by Crippen LogP contribution is 2.28. The van der Waals surface area contributed by atoms with Gasteiger partial charge in [-0.15, -0.1) is 0 Å². The van der Waals surface area contributed by atoms with E-state index >= 15 is 0 Å². The molecule has 2 heterocycles. The summed E-state index contributed by atoms with van der Waals surface area (Å²) in [6.07, 6.45) is 3.94. The number of nitrogens with zero attached hydrogens (tertiary/aromatic N) is 3. The number of pyridine rings is 1. The Morgan fingerprint density at radius 3 is 2.80 bits per heavy atom. The molecule has 6 heteroatoms. The second-order valence-corrected chi connectivity index (χ2v) is 6.19. The van der Waals surface area contributed by atoms with E-state index in [0.29, 0.717) is 21.3 Å². The molecule has 0 bridgehead atoms. The van der Waals surface area contributed by atoms with E-state index < -0.39 is 11.2 Å². The molecule has 1 atom stereocenters. The van der Waals surface area contributed by atoms with Crippen LogP contribution in [0.3, 0.4) is 0 Å². The predicted octanol–water partition coefficient (Wildman–Crippen LogP) is 3.40. The minimum atomic E-state index is -1.44. The highest BCUT2D eigenvalue weighted by Gasteiger charge is 2.20. The number of rotatable bonds is 4. The lowest BCUT2D eigenvalue weighted by molar-refractivity contribution is 0.592. The van der Waals surface area contributed by atoms with Gasteiger partial charge in [0.1, 0.15) is 10.6 Å². The molecule has 2 rings (SSSR count). The van der Waals surface area contributed by atoms with E-state index in [0.717, 1.165) is 12.0 Å². The Morgan fingerprint density at radius 1 is 1.40 bits per heavy atom. The van der Waals surface area contributed by atoms with Crippen molar-refractivity contribution in [2.45, 2.75) is 25.4 Å². The van der Waals surface area contributed by atoms with Crippen molar-refractivity contribution in [3.05, 3.63) is 46.6 Å². The fourth-order valence-corrected chi connectivity index (χ4v) is 2.51. The average Bonchev–Trinajstić information content (AvgIpc) is 2.47. The maximum Gasteiger partial charge on any atom is 0.348 e. The van der Waals surface area contributed by atoms with Gasteiger partial charge in [-0.2, -0.15) is 9.97 Å². The molecular formula is C14H14ClN3OS. The quantitative estimate of drug-likeness (QED) is 0.641. The van der Waals surface area contributed by atoms with Gasteiger partial charge in [-0.1, -0.05) is 24.6 Å². The molecular weight excluding hydrogens is 294 g/mol. The fraction of sp³-hybridized carbons (Fsp3) is 0.214. The van der Waals surface area contributed by atoms with E-state index in [1.54, 1.807) is 13.1 Å². The summed E-state index contributed by atoms with van der Waals surface area (Å²) in [6, 6.07) is 3.83. The Kier molecular flexibility index (Phi) is 4.75. The summed E-state index contributed by atoms with van der Waals surface area (Å²) in [5.41, 5.74) is 2.23. The molecule has 0 aliphatic heterocycles. The summed E-state index contributed by atoms with van der Waals surface area (Å²) in [5.74, 6) is 0. The molecule has 104 valence electrons. The first-order valence-electron chi connectivity index (χ1n) is 6.08. The molecule has 0 saturated heterocycles. The van der Waals surface area contributed by atoms with Crippen LogP contribution in [0.1, 0.15) is 19.4 Å². The molecule has 1 unspecified atom stereocenters. The average molecular weight is 308 g/mol. The van der Waals surface area contributed by atoms with E-state index in [-0.39, 0.29) is 5.16 Å². The fourth-order valence-electron chi connectivity index (χ4n) is 1.70. The van der Waals surface area contributed by atoms with Crippen LogP contribution in [0, 0.1) is 0 Å². The highest BCUT2D eigenvalue weighted by atomic mass is 35.5. The molecule has 2 aromatic heterocycles. The Balaban J connectivity index is 2.56. The lowest BCUT2D eigenvalue weighted by Crippen LogP contribution is -2.08. The molecule has 0 amide bonds. The first-order valence-corrected chi connectivity index (χ1v) is 7.61. The zero-order chi connectivity index (χ0) is 14.7. The van der Waals surface area contributed by atoms with Crippen molar-refractivity contribution in [1.29, 1.82) is 0 Å². The molecule has 0 aliphatic rings. The van der Waals surface area contributed by atoms with Crippen LogP contribution in [-0.2, 0) is 17.6 Å². The summed E-state index contributed by atoms with van der Waals surface area (Å²) in [4.78, 5) is 13.1. The zero-order valence-corrected chi connectivity index (χ0v) is 12.8. The topological polar surface area (TPSA) is 61.7 Å². The summed E-state index contributed by atoms with van der Waals surface area (Å²) >= 11 is 4.72. The van der Waals surface area contributed by atoms with Gasteiger partial charge in [0.25, 0.3) is 0 Å². The minimum Gasteiger partial charge on any atom is -0.604 e. The van der Waals surface area contributed by atoms with Crippen LogP contribution < -0.4 is 0 Å². The lowest BCUT2D eigenvalue weighted by Gasteiger charge is -2.10. The third-order valence-corrected chi connectivity index (χ3v) is 4.14. The van der Waals surface area contributed by atoms with Gasteiger partial charge in [-0.25, -0.2) is 0 Å². The number of hydrogen-bond donors (Lipinski definition) is 0. The summed E-state index contributed by atoms with van der Waals surface area (Å²) in [7, 11) is 0. The van der Waals surface area contributed by atoms with Crippen LogP contribution >= 0.6 is 11.6 Å². The third-order valence-electron chi connectivity index (χ3n) is 2.70. The third kappa shape index (κ3) is 3.00. The first kappa shape index (κ1) is 15.0. The van der Waals surface area contributed by atoms with Gasteiger partial charge in [0.05, 0.1) is 28.1 Å². The minimum absolute atomic E-state index is 0.199. The largest absolute Gasteiger partial charge is 0.604 e. The van der Waals surface area contributed by atoms with Gasteiger partial charge < -0.3 is 4.55 Å². The molecule has 0 spiro atoms. The van der Waals surface area contributed by atoms with Gasteiger partial charge in [-0.05, 0) is 24.6 Å². The molecule has 0 radical (unpaired) electrons. The molecule has 4 nitrogen and oxygen atoms in total. The van der Waals surface area contributed by atoms with Crippen LogP contribution in [0.15, 0.2) is 41.2 Å². The van der Waals surface area contributed by atoms with Crippen molar-refractivity contribution in [2.75, 3.05) is 0 Å². The molecule has 2 aromatic rings. The van der Waals surface area contributed by atoms with Gasteiger partial charge in [0, 0.05) is 13.1 Å². The van der Waals surface area contributed by atoms with Crippen LogP contribution in [-0.4, -0.2) is 19.5 Å². The van der Waals surface area contributed by atoms with Gasteiger partial charge >= 0.3 is 5.16 Å². The molecule has 0 fully saturated rings. The smallest absolute Gasteiger partial charge is 0.348 e. The van der Waals surface area contributed by atoms with Crippen molar-refractivity contribution in [3.8, 4) is 11.4 Å². The Morgan fingerprint density at radius 2 is 2.15 bits per heavy atom. The molecule has 20 heavy (non-hydrogen) atoms. The van der Waals surface area contributed by atoms with Crippen LogP contribution in [0.5, 0.6) is 0 Å². The lowest BCUT2D eigenvalue weighted by atomic mass is 10.1. The second-order valence-electron chi connectivity index (χ2n) is 4.18. The second kappa shape index (κ2) is 6.35. The summed E-state index contributed by atoms with van der Waals surface area (Å²) in [6.45, 7) is 7.36. The van der Waals surface area contributed by atoms with Crippen LogP contribution in [0.25, 0.3) is 11.4 Å². The highest BCUT2D eigenvalue weighted by molar-refractivity contribution is 7.95. The van der Waals surface area contributed by atoms with E-state index in [4.69, 9.17) is 11.6 Å². The van der Waals surface area contributed by atoms with Crippen LogP contribution in [0.2, 0.25) is 5.02 Å². The standard InChI is InChI=1S/C14H14ClN3OS/c1-4-10-6-5-7-16-12(10)13-11(15)8-17-14(18-13)20(19)9(2)3/h5-8H,2,4H2,1,3H3. The molecule has 0 N–H and O–H groups in total. The van der Waals surface area contributed by atoms with Crippen molar-refractivity contribution >= 4 is 22.8 Å². The SMILES string of the molecule is C=C(C)[S+]([O-])c1ncc(Cl)c(-c2ncccc2CC)n1. The summed E-state index contributed by atoms with van der Waals surface area (Å²) in [5, 5.41) is 0.588. The molecule has 0 aromatic carbocycles. The van der Waals surface area contributed by atoms with Crippen molar-refractivity contribution < 1.29 is 4.55 Å². The maximum atomic E-state index is 12.0. The number of hydrogen-bond acceptors (Lipinski definition) is 4. The van der Waals surface area contributed by atoms with E-state index in [2.05, 4.69) is 21.5 Å². The Labute approximate surface area is 126 Å². The zero-order valence-electron chi connectivity index (χ0n) is 11.3. The number of allylic oxidation sites excluding steroid dienone is 1. The molecule has 0 aliphatic carbocycles. The molecule has 0 saturated carbocycles. The van der Waals surface area contributed by atoms with Crippen molar-refractivity contribution in [1.82, 2.24) is 15.0 Å². The Bertz CT molecular complexity index is 648. The summed E-state index contributed by atoms with van der Waals surface area (Å²) < 4.78 is 12.0. The van der Waals surface area contributed by atoms with E-state index in [1.165, 1.54) is 6.20 Å². The van der Waals surface area contributed by atoms with E-state index in [1.807, 2.05) is 19.1 Å². The first-order chi connectivity index (χ1) is 9.54. The van der Waals surface area contributed by atoms with Gasteiger partial charge in [-0.3, -0.25) is 4.98 Å². The number of halogens is 1.